The van der Waals surface area contributed by atoms with Crippen molar-refractivity contribution in [3.05, 3.63) is 71.4 Å². The fourth-order valence-corrected chi connectivity index (χ4v) is 3.42. The summed E-state index contributed by atoms with van der Waals surface area (Å²) in [6, 6.07) is 17.3. The van der Waals surface area contributed by atoms with Crippen LogP contribution in [0.2, 0.25) is 5.02 Å². The minimum absolute atomic E-state index is 0.0154. The van der Waals surface area contributed by atoms with E-state index in [1.54, 1.807) is 18.0 Å². The molecule has 122 valence electrons. The summed E-state index contributed by atoms with van der Waals surface area (Å²) in [6.07, 6.45) is 1.75. The highest BCUT2D eigenvalue weighted by molar-refractivity contribution is 7.99. The van der Waals surface area contributed by atoms with Gasteiger partial charge in [-0.1, -0.05) is 29.8 Å². The lowest BCUT2D eigenvalue weighted by Crippen LogP contribution is -2.22. The van der Waals surface area contributed by atoms with Crippen LogP contribution in [-0.4, -0.2) is 16.1 Å². The third-order valence-corrected chi connectivity index (χ3v) is 5.11. The second kappa shape index (κ2) is 7.69. The molecule has 3 rings (SSSR count). The summed E-state index contributed by atoms with van der Waals surface area (Å²) >= 11 is 7.58. The molecule has 0 aliphatic carbocycles. The predicted octanol–water partition coefficient (Wildman–Crippen LogP) is 5.15. The molecule has 0 bridgehead atoms. The van der Waals surface area contributed by atoms with E-state index >= 15 is 0 Å². The van der Waals surface area contributed by atoms with E-state index in [4.69, 9.17) is 11.6 Å². The number of amides is 1. The molecule has 0 fully saturated rings. The van der Waals surface area contributed by atoms with Crippen LogP contribution in [-0.2, 0) is 10.5 Å². The minimum Gasteiger partial charge on any atom is -0.325 e. The minimum atomic E-state index is -0.170. The summed E-state index contributed by atoms with van der Waals surface area (Å²) in [5.74, 6) is 0.727. The first kappa shape index (κ1) is 16.8. The SMILES string of the molecule is CC(SCc1cccc(Cl)c1)C(=O)Nc1cccc2ncccc12. The van der Waals surface area contributed by atoms with Crippen molar-refractivity contribution in [2.24, 2.45) is 0 Å². The zero-order valence-electron chi connectivity index (χ0n) is 13.2. The number of aromatic nitrogens is 1. The molecule has 1 N–H and O–H groups in total. The van der Waals surface area contributed by atoms with Gasteiger partial charge in [0.05, 0.1) is 16.5 Å². The van der Waals surface area contributed by atoms with Crippen molar-refractivity contribution in [3.8, 4) is 0 Å². The van der Waals surface area contributed by atoms with E-state index in [9.17, 15) is 4.79 Å². The van der Waals surface area contributed by atoms with Crippen LogP contribution in [0.5, 0.6) is 0 Å². The monoisotopic (exact) mass is 356 g/mol. The molecule has 3 nitrogen and oxygen atoms in total. The number of carbonyl (C=O) groups is 1. The van der Waals surface area contributed by atoms with Crippen LogP contribution in [0.25, 0.3) is 10.9 Å². The Balaban J connectivity index is 1.65. The topological polar surface area (TPSA) is 42.0 Å². The van der Waals surface area contributed by atoms with Crippen LogP contribution in [0.3, 0.4) is 0 Å². The quantitative estimate of drug-likeness (QED) is 0.687. The van der Waals surface area contributed by atoms with E-state index in [2.05, 4.69) is 10.3 Å². The number of halogens is 1. The number of anilines is 1. The van der Waals surface area contributed by atoms with Gasteiger partial charge in [-0.05, 0) is 48.9 Å². The van der Waals surface area contributed by atoms with E-state index in [1.165, 1.54) is 0 Å². The Morgan fingerprint density at radius 3 is 2.88 bits per heavy atom. The molecule has 1 aromatic heterocycles. The number of benzene rings is 2. The molecular weight excluding hydrogens is 340 g/mol. The Morgan fingerprint density at radius 1 is 1.21 bits per heavy atom. The summed E-state index contributed by atoms with van der Waals surface area (Å²) in [5, 5.41) is 4.50. The van der Waals surface area contributed by atoms with Gasteiger partial charge < -0.3 is 5.32 Å². The molecule has 0 aliphatic rings. The summed E-state index contributed by atoms with van der Waals surface area (Å²) in [5.41, 5.74) is 2.77. The molecule has 24 heavy (non-hydrogen) atoms. The van der Waals surface area contributed by atoms with Crippen molar-refractivity contribution >= 4 is 45.9 Å². The van der Waals surface area contributed by atoms with Crippen LogP contribution in [0.4, 0.5) is 5.69 Å². The van der Waals surface area contributed by atoms with E-state index in [1.807, 2.05) is 61.5 Å². The molecule has 0 saturated heterocycles. The standard InChI is InChI=1S/C19H17ClN2OS/c1-13(24-12-14-5-2-6-15(20)11-14)19(23)22-18-9-3-8-17-16(18)7-4-10-21-17/h2-11,13H,12H2,1H3,(H,22,23). The number of thioether (sulfide) groups is 1. The van der Waals surface area contributed by atoms with Gasteiger partial charge in [0.15, 0.2) is 0 Å². The van der Waals surface area contributed by atoms with Crippen LogP contribution in [0.1, 0.15) is 12.5 Å². The van der Waals surface area contributed by atoms with Crippen LogP contribution < -0.4 is 5.32 Å². The number of pyridine rings is 1. The maximum absolute atomic E-state index is 12.5. The van der Waals surface area contributed by atoms with Crippen LogP contribution in [0.15, 0.2) is 60.8 Å². The number of nitrogens with zero attached hydrogens (tertiary/aromatic N) is 1. The van der Waals surface area contributed by atoms with Gasteiger partial charge in [-0.3, -0.25) is 9.78 Å². The Labute approximate surface area is 150 Å². The molecule has 1 heterocycles. The van der Waals surface area contributed by atoms with Crippen molar-refractivity contribution in [2.45, 2.75) is 17.9 Å². The number of hydrogen-bond donors (Lipinski definition) is 1. The van der Waals surface area contributed by atoms with E-state index in [-0.39, 0.29) is 11.2 Å². The predicted molar refractivity (Wildman–Crippen MR) is 103 cm³/mol. The normalized spacial score (nSPS) is 12.1. The van der Waals surface area contributed by atoms with E-state index < -0.39 is 0 Å². The third-order valence-electron chi connectivity index (χ3n) is 3.66. The Bertz CT molecular complexity index is 863. The number of nitrogens with one attached hydrogen (secondary N) is 1. The average molecular weight is 357 g/mol. The Morgan fingerprint density at radius 2 is 2.04 bits per heavy atom. The molecule has 0 spiro atoms. The molecule has 0 radical (unpaired) electrons. The van der Waals surface area contributed by atoms with Crippen LogP contribution >= 0.6 is 23.4 Å². The van der Waals surface area contributed by atoms with Gasteiger partial charge in [0.25, 0.3) is 0 Å². The maximum atomic E-state index is 12.5. The molecule has 0 saturated carbocycles. The van der Waals surface area contributed by atoms with Crippen molar-refractivity contribution in [1.29, 1.82) is 0 Å². The van der Waals surface area contributed by atoms with Crippen LogP contribution in [0, 0.1) is 0 Å². The third kappa shape index (κ3) is 4.08. The van der Waals surface area contributed by atoms with Gasteiger partial charge in [-0.25, -0.2) is 0 Å². The fourth-order valence-electron chi connectivity index (χ4n) is 2.37. The average Bonchev–Trinajstić information content (AvgIpc) is 2.60. The Hall–Kier alpha value is -2.04. The summed E-state index contributed by atoms with van der Waals surface area (Å²) in [6.45, 7) is 1.91. The number of fused-ring (bicyclic) bond motifs is 1. The van der Waals surface area contributed by atoms with Gasteiger partial charge >= 0.3 is 0 Å². The number of carbonyl (C=O) groups excluding carboxylic acids is 1. The molecule has 5 heteroatoms. The molecule has 1 amide bonds. The molecule has 3 aromatic rings. The fraction of sp³-hybridized carbons (Fsp3) is 0.158. The smallest absolute Gasteiger partial charge is 0.237 e. The molecule has 1 unspecified atom stereocenters. The van der Waals surface area contributed by atoms with E-state index in [0.717, 1.165) is 27.9 Å². The zero-order chi connectivity index (χ0) is 16.9. The largest absolute Gasteiger partial charge is 0.325 e. The highest BCUT2D eigenvalue weighted by atomic mass is 35.5. The Kier molecular flexibility index (Phi) is 5.38. The van der Waals surface area contributed by atoms with Crippen molar-refractivity contribution in [3.63, 3.8) is 0 Å². The van der Waals surface area contributed by atoms with Gasteiger partial charge in [0.1, 0.15) is 0 Å². The first-order valence-electron chi connectivity index (χ1n) is 7.64. The summed E-state index contributed by atoms with van der Waals surface area (Å²) in [4.78, 5) is 16.8. The highest BCUT2D eigenvalue weighted by Crippen LogP contribution is 2.24. The zero-order valence-corrected chi connectivity index (χ0v) is 14.8. The summed E-state index contributed by atoms with van der Waals surface area (Å²) in [7, 11) is 0. The van der Waals surface area contributed by atoms with Gasteiger partial charge in [0, 0.05) is 22.4 Å². The van der Waals surface area contributed by atoms with Gasteiger partial charge in [-0.2, -0.15) is 0 Å². The lowest BCUT2D eigenvalue weighted by atomic mass is 10.2. The molecule has 1 atom stereocenters. The lowest BCUT2D eigenvalue weighted by molar-refractivity contribution is -0.115. The van der Waals surface area contributed by atoms with Crippen molar-refractivity contribution in [2.75, 3.05) is 5.32 Å². The van der Waals surface area contributed by atoms with Crippen molar-refractivity contribution in [1.82, 2.24) is 4.98 Å². The van der Waals surface area contributed by atoms with Crippen molar-refractivity contribution < 1.29 is 4.79 Å². The molecule has 0 aliphatic heterocycles. The molecular formula is C19H17ClN2OS. The summed E-state index contributed by atoms with van der Waals surface area (Å²) < 4.78 is 0. The second-order valence-corrected chi connectivity index (χ2v) is 7.21. The number of rotatable bonds is 5. The maximum Gasteiger partial charge on any atom is 0.237 e. The van der Waals surface area contributed by atoms with Gasteiger partial charge in [0.2, 0.25) is 5.91 Å². The number of hydrogen-bond acceptors (Lipinski definition) is 3. The first-order valence-corrected chi connectivity index (χ1v) is 9.07. The van der Waals surface area contributed by atoms with Gasteiger partial charge in [-0.15, -0.1) is 11.8 Å². The lowest BCUT2D eigenvalue weighted by Gasteiger charge is -2.13. The highest BCUT2D eigenvalue weighted by Gasteiger charge is 2.15. The first-order chi connectivity index (χ1) is 11.6. The second-order valence-electron chi connectivity index (χ2n) is 5.45. The van der Waals surface area contributed by atoms with E-state index in [0.29, 0.717) is 5.02 Å². The molecule has 2 aromatic carbocycles.